The number of rotatable bonds is 7. The number of hydrogen-bond acceptors (Lipinski definition) is 7. The molecule has 1 N–H and O–H groups in total. The van der Waals surface area contributed by atoms with E-state index in [1.54, 1.807) is 26.2 Å². The summed E-state index contributed by atoms with van der Waals surface area (Å²) < 4.78 is 11.0. The summed E-state index contributed by atoms with van der Waals surface area (Å²) in [6.45, 7) is 3.91. The number of ether oxygens (including phenoxy) is 2. The molecule has 0 spiro atoms. The van der Waals surface area contributed by atoms with Crippen molar-refractivity contribution in [3.8, 4) is 5.75 Å². The van der Waals surface area contributed by atoms with E-state index in [4.69, 9.17) is 9.47 Å². The molecule has 8 nitrogen and oxygen atoms in total. The molecular weight excluding hydrogens is 448 g/mol. The second kappa shape index (κ2) is 10.1. The smallest absolute Gasteiger partial charge is 0.336 e. The number of esters is 1. The molecule has 2 aliphatic rings. The van der Waals surface area contributed by atoms with E-state index >= 15 is 0 Å². The first-order chi connectivity index (χ1) is 16.8. The van der Waals surface area contributed by atoms with Gasteiger partial charge in [-0.3, -0.25) is 14.9 Å². The van der Waals surface area contributed by atoms with E-state index in [-0.39, 0.29) is 30.4 Å². The van der Waals surface area contributed by atoms with E-state index < -0.39 is 16.8 Å². The van der Waals surface area contributed by atoms with Gasteiger partial charge in [-0.1, -0.05) is 37.3 Å². The Hall–Kier alpha value is -3.94. The molecule has 2 unspecified atom stereocenters. The van der Waals surface area contributed by atoms with Gasteiger partial charge in [0.25, 0.3) is 5.69 Å². The number of nitro groups is 1. The third kappa shape index (κ3) is 4.69. The molecule has 35 heavy (non-hydrogen) atoms. The number of Topliss-reactive ketones (excluding diaryl/α,β-unsaturated/α-hetero) is 1. The predicted octanol–water partition coefficient (Wildman–Crippen LogP) is 4.92. The number of nitro benzene ring substituents is 1. The summed E-state index contributed by atoms with van der Waals surface area (Å²) in [5.74, 6) is -0.769. The van der Waals surface area contributed by atoms with Crippen LogP contribution in [0.25, 0.3) is 0 Å². The molecule has 8 heteroatoms. The molecule has 2 aromatic rings. The Bertz CT molecular complexity index is 1250. The van der Waals surface area contributed by atoms with Gasteiger partial charge in [0, 0.05) is 47.4 Å². The van der Waals surface area contributed by atoms with E-state index in [1.165, 1.54) is 12.1 Å². The normalized spacial score (nSPS) is 19.7. The fourth-order valence-electron chi connectivity index (χ4n) is 4.96. The molecule has 1 aliphatic heterocycles. The zero-order valence-electron chi connectivity index (χ0n) is 20.0. The Balaban J connectivity index is 1.82. The average Bonchev–Trinajstić information content (AvgIpc) is 2.86. The maximum absolute atomic E-state index is 13.7. The lowest BCUT2D eigenvalue weighted by Gasteiger charge is -2.36. The molecular formula is C27H28N2O6. The number of nitrogens with one attached hydrogen (secondary N) is 1. The molecule has 4 rings (SSSR count). The van der Waals surface area contributed by atoms with Crippen LogP contribution < -0.4 is 10.1 Å². The molecule has 0 radical (unpaired) electrons. The summed E-state index contributed by atoms with van der Waals surface area (Å²) in [7, 11) is 1.60. The number of carbonyl (C=O) groups excluding carboxylic acids is 2. The summed E-state index contributed by atoms with van der Waals surface area (Å²) in [5.41, 5.74) is 3.43. The Morgan fingerprint density at radius 1 is 1.17 bits per heavy atom. The second-order valence-electron chi connectivity index (χ2n) is 8.75. The molecule has 0 fully saturated rings. The highest BCUT2D eigenvalue weighted by atomic mass is 16.6. The van der Waals surface area contributed by atoms with E-state index in [0.29, 0.717) is 35.2 Å². The van der Waals surface area contributed by atoms with Crippen LogP contribution in [0.3, 0.4) is 0 Å². The van der Waals surface area contributed by atoms with E-state index in [9.17, 15) is 19.7 Å². The summed E-state index contributed by atoms with van der Waals surface area (Å²) in [5, 5.41) is 14.8. The number of allylic oxidation sites excluding steroid dienone is 3. The van der Waals surface area contributed by atoms with Gasteiger partial charge < -0.3 is 14.8 Å². The van der Waals surface area contributed by atoms with Crippen LogP contribution in [0.1, 0.15) is 56.1 Å². The van der Waals surface area contributed by atoms with Crippen LogP contribution in [0, 0.1) is 10.1 Å². The van der Waals surface area contributed by atoms with Crippen molar-refractivity contribution in [2.75, 3.05) is 13.7 Å². The first-order valence-electron chi connectivity index (χ1n) is 11.6. The fraction of sp³-hybridized carbons (Fsp3) is 0.333. The van der Waals surface area contributed by atoms with Gasteiger partial charge in [0.2, 0.25) is 0 Å². The molecule has 0 amide bonds. The van der Waals surface area contributed by atoms with Crippen molar-refractivity contribution in [2.45, 2.75) is 44.9 Å². The largest absolute Gasteiger partial charge is 0.496 e. The van der Waals surface area contributed by atoms with Gasteiger partial charge in [0.05, 0.1) is 24.2 Å². The van der Waals surface area contributed by atoms with Gasteiger partial charge in [0.15, 0.2) is 5.78 Å². The lowest BCUT2D eigenvalue weighted by molar-refractivity contribution is -0.384. The SMILES string of the molecule is CCCOC(=O)C1=C(C)NC2=C(C(=O)CC(c3ccccc3OC)C2)C1c1cccc([N+](=O)[O-])c1. The van der Waals surface area contributed by atoms with Gasteiger partial charge in [-0.25, -0.2) is 4.79 Å². The summed E-state index contributed by atoms with van der Waals surface area (Å²) in [6, 6.07) is 13.7. The number of para-hydroxylation sites is 1. The van der Waals surface area contributed by atoms with Crippen molar-refractivity contribution in [3.05, 3.63) is 92.3 Å². The molecule has 182 valence electrons. The van der Waals surface area contributed by atoms with Crippen LogP contribution in [0.15, 0.2) is 71.1 Å². The number of dihydropyridines is 1. The van der Waals surface area contributed by atoms with Crippen LogP contribution in [0.2, 0.25) is 0 Å². The van der Waals surface area contributed by atoms with Gasteiger partial charge in [-0.15, -0.1) is 0 Å². The quantitative estimate of drug-likeness (QED) is 0.343. The molecule has 0 saturated carbocycles. The lowest BCUT2D eigenvalue weighted by atomic mass is 9.71. The Kier molecular flexibility index (Phi) is 7.00. The third-order valence-electron chi connectivity index (χ3n) is 6.48. The summed E-state index contributed by atoms with van der Waals surface area (Å²) >= 11 is 0. The number of carbonyl (C=O) groups is 2. The number of hydrogen-bond donors (Lipinski definition) is 1. The van der Waals surface area contributed by atoms with Crippen molar-refractivity contribution in [3.63, 3.8) is 0 Å². The maximum atomic E-state index is 13.7. The molecule has 0 saturated heterocycles. The first kappa shape index (κ1) is 24.2. The van der Waals surface area contributed by atoms with Crippen molar-refractivity contribution in [1.29, 1.82) is 0 Å². The topological polar surface area (TPSA) is 108 Å². The van der Waals surface area contributed by atoms with Gasteiger partial charge in [-0.05, 0) is 37.0 Å². The molecule has 0 aromatic heterocycles. The molecule has 2 aromatic carbocycles. The van der Waals surface area contributed by atoms with Crippen molar-refractivity contribution < 1.29 is 24.0 Å². The Morgan fingerprint density at radius 3 is 2.66 bits per heavy atom. The third-order valence-corrected chi connectivity index (χ3v) is 6.48. The average molecular weight is 477 g/mol. The second-order valence-corrected chi connectivity index (χ2v) is 8.75. The number of benzene rings is 2. The van der Waals surface area contributed by atoms with Crippen LogP contribution in [0.5, 0.6) is 5.75 Å². The van der Waals surface area contributed by atoms with Crippen LogP contribution >= 0.6 is 0 Å². The zero-order chi connectivity index (χ0) is 25.1. The van der Waals surface area contributed by atoms with E-state index in [0.717, 1.165) is 17.0 Å². The summed E-state index contributed by atoms with van der Waals surface area (Å²) in [6.07, 6.45) is 1.44. The highest BCUT2D eigenvalue weighted by Gasteiger charge is 2.42. The van der Waals surface area contributed by atoms with Gasteiger partial charge >= 0.3 is 5.97 Å². The number of non-ortho nitro benzene ring substituents is 1. The predicted molar refractivity (Wildman–Crippen MR) is 130 cm³/mol. The summed E-state index contributed by atoms with van der Waals surface area (Å²) in [4.78, 5) is 37.8. The highest BCUT2D eigenvalue weighted by molar-refractivity contribution is 6.04. The minimum absolute atomic E-state index is 0.0998. The zero-order valence-corrected chi connectivity index (χ0v) is 20.0. The van der Waals surface area contributed by atoms with E-state index in [2.05, 4.69) is 5.32 Å². The van der Waals surface area contributed by atoms with Gasteiger partial charge in [0.1, 0.15) is 5.75 Å². The minimum Gasteiger partial charge on any atom is -0.496 e. The molecule has 1 heterocycles. The first-order valence-corrected chi connectivity index (χ1v) is 11.6. The van der Waals surface area contributed by atoms with Crippen molar-refractivity contribution >= 4 is 17.4 Å². The Morgan fingerprint density at radius 2 is 1.94 bits per heavy atom. The standard InChI is InChI=1S/C27H28N2O6/c1-4-12-35-27(31)24-16(2)28-21-14-18(20-10-5-6-11-23(20)34-3)15-22(30)26(21)25(24)17-8-7-9-19(13-17)29(32)33/h5-11,13,18,25,28H,4,12,14-15H2,1-3H3. The molecule has 2 atom stereocenters. The van der Waals surface area contributed by atoms with Gasteiger partial charge in [-0.2, -0.15) is 0 Å². The Labute approximate surface area is 203 Å². The number of ketones is 1. The minimum atomic E-state index is -0.748. The maximum Gasteiger partial charge on any atom is 0.336 e. The van der Waals surface area contributed by atoms with Crippen molar-refractivity contribution in [2.24, 2.45) is 0 Å². The monoisotopic (exact) mass is 476 g/mol. The molecule has 1 aliphatic carbocycles. The number of nitrogens with zero attached hydrogens (tertiary/aromatic N) is 1. The van der Waals surface area contributed by atoms with Crippen LogP contribution in [-0.4, -0.2) is 30.4 Å². The van der Waals surface area contributed by atoms with Crippen molar-refractivity contribution in [1.82, 2.24) is 5.32 Å². The highest BCUT2D eigenvalue weighted by Crippen LogP contribution is 2.47. The fourth-order valence-corrected chi connectivity index (χ4v) is 4.96. The van der Waals surface area contributed by atoms with Crippen LogP contribution in [-0.2, 0) is 14.3 Å². The van der Waals surface area contributed by atoms with E-state index in [1.807, 2.05) is 31.2 Å². The lowest BCUT2D eigenvalue weighted by Crippen LogP contribution is -2.36. The van der Waals surface area contributed by atoms with Crippen LogP contribution in [0.4, 0.5) is 5.69 Å². The number of methoxy groups -OCH3 is 1. The molecule has 0 bridgehead atoms.